The summed E-state index contributed by atoms with van der Waals surface area (Å²) in [6.45, 7) is 7.92. The number of aliphatic hydroxyl groups is 3. The van der Waals surface area contributed by atoms with Gasteiger partial charge in [-0.15, -0.1) is 0 Å². The zero-order chi connectivity index (χ0) is 27.4. The van der Waals surface area contributed by atoms with E-state index in [1.54, 1.807) is 13.8 Å². The van der Waals surface area contributed by atoms with Crippen molar-refractivity contribution in [3.8, 4) is 0 Å². The van der Waals surface area contributed by atoms with Gasteiger partial charge in [-0.3, -0.25) is 9.59 Å². The minimum Gasteiger partial charge on any atom is -0.462 e. The predicted molar refractivity (Wildman–Crippen MR) is 129 cm³/mol. The van der Waals surface area contributed by atoms with Crippen LogP contribution in [0.4, 0.5) is 0 Å². The zero-order valence-electron chi connectivity index (χ0n) is 22.3. The summed E-state index contributed by atoms with van der Waals surface area (Å²) in [7, 11) is 0. The molecule has 4 rings (SSSR count). The maximum absolute atomic E-state index is 13.0. The van der Waals surface area contributed by atoms with Crippen molar-refractivity contribution >= 4 is 17.9 Å². The average molecular weight is 525 g/mol. The maximum atomic E-state index is 13.0. The van der Waals surface area contributed by atoms with Gasteiger partial charge in [0.2, 0.25) is 0 Å². The molecular weight excluding hydrogens is 484 g/mol. The molecule has 1 saturated heterocycles. The van der Waals surface area contributed by atoms with Crippen LogP contribution in [0.15, 0.2) is 11.6 Å². The lowest BCUT2D eigenvalue weighted by Gasteiger charge is -2.67. The third-order valence-electron chi connectivity index (χ3n) is 9.89. The van der Waals surface area contributed by atoms with E-state index in [1.165, 1.54) is 19.9 Å². The molecule has 3 fully saturated rings. The van der Waals surface area contributed by atoms with Gasteiger partial charge in [-0.05, 0) is 37.7 Å². The van der Waals surface area contributed by atoms with Crippen molar-refractivity contribution in [3.05, 3.63) is 11.6 Å². The summed E-state index contributed by atoms with van der Waals surface area (Å²) in [5.41, 5.74) is -4.76. The van der Waals surface area contributed by atoms with Crippen LogP contribution in [0, 0.1) is 22.7 Å². The predicted octanol–water partition coefficient (Wildman–Crippen LogP) is 1.43. The number of hydrogen-bond donors (Lipinski definition) is 3. The summed E-state index contributed by atoms with van der Waals surface area (Å²) in [6, 6.07) is 0. The van der Waals surface area contributed by atoms with E-state index in [2.05, 4.69) is 0 Å². The van der Waals surface area contributed by atoms with Gasteiger partial charge in [0, 0.05) is 24.8 Å². The van der Waals surface area contributed by atoms with E-state index in [1.807, 2.05) is 6.92 Å². The van der Waals surface area contributed by atoms with Gasteiger partial charge in [-0.1, -0.05) is 27.2 Å². The van der Waals surface area contributed by atoms with E-state index in [-0.39, 0.29) is 13.0 Å². The lowest BCUT2D eigenvalue weighted by Crippen LogP contribution is -2.79. The second-order valence-electron chi connectivity index (χ2n) is 11.7. The molecule has 2 aliphatic carbocycles. The van der Waals surface area contributed by atoms with Gasteiger partial charge in [0.1, 0.15) is 30.0 Å². The van der Waals surface area contributed by atoms with E-state index >= 15 is 0 Å². The third-order valence-corrected chi connectivity index (χ3v) is 9.89. The van der Waals surface area contributed by atoms with Crippen molar-refractivity contribution in [2.45, 2.75) is 96.2 Å². The van der Waals surface area contributed by atoms with Crippen molar-refractivity contribution in [2.24, 2.45) is 22.7 Å². The highest BCUT2D eigenvalue weighted by molar-refractivity contribution is 5.85. The Bertz CT molecular complexity index is 968. The van der Waals surface area contributed by atoms with Crippen LogP contribution >= 0.6 is 0 Å². The van der Waals surface area contributed by atoms with E-state index in [9.17, 15) is 29.7 Å². The summed E-state index contributed by atoms with van der Waals surface area (Å²) < 4.78 is 22.7. The molecule has 0 aromatic heterocycles. The zero-order valence-corrected chi connectivity index (χ0v) is 22.3. The number of ether oxygens (including phenoxy) is 4. The van der Waals surface area contributed by atoms with Gasteiger partial charge in [0.25, 0.3) is 0 Å². The summed E-state index contributed by atoms with van der Waals surface area (Å²) >= 11 is 0. The van der Waals surface area contributed by atoms with Gasteiger partial charge in [-0.2, -0.15) is 0 Å². The first-order valence-electron chi connectivity index (χ1n) is 13.2. The molecule has 9 unspecified atom stereocenters. The first kappa shape index (κ1) is 28.0. The topological polar surface area (TPSA) is 152 Å². The Balaban J connectivity index is 1.89. The van der Waals surface area contributed by atoms with E-state index in [0.717, 1.165) is 0 Å². The molecule has 0 amide bonds. The number of carbonyl (C=O) groups excluding carboxylic acids is 3. The largest absolute Gasteiger partial charge is 0.462 e. The molecule has 37 heavy (non-hydrogen) atoms. The molecule has 3 N–H and O–H groups in total. The van der Waals surface area contributed by atoms with Crippen molar-refractivity contribution in [3.63, 3.8) is 0 Å². The second-order valence-corrected chi connectivity index (χ2v) is 11.7. The van der Waals surface area contributed by atoms with Gasteiger partial charge < -0.3 is 34.3 Å². The van der Waals surface area contributed by atoms with Crippen LogP contribution in [0.3, 0.4) is 0 Å². The van der Waals surface area contributed by atoms with E-state index in [0.29, 0.717) is 37.9 Å². The lowest BCUT2D eigenvalue weighted by molar-refractivity contribution is -0.326. The Morgan fingerprint density at radius 2 is 1.97 bits per heavy atom. The number of epoxide rings is 1. The Morgan fingerprint density at radius 1 is 1.30 bits per heavy atom. The number of cyclic esters (lactones) is 1. The highest BCUT2D eigenvalue weighted by Crippen LogP contribution is 2.70. The smallest absolute Gasteiger partial charge is 0.331 e. The Hall–Kier alpha value is -2.01. The van der Waals surface area contributed by atoms with Crippen LogP contribution in [-0.4, -0.2) is 82.6 Å². The standard InChI is InChI=1S/C27H40O10/c1-6-15(2)23(32)37-22-21(31)27(13-28)18(8-7-9-26(27)14-35-26)24(4,25(22,5)33)19(36-16(3)29)10-17-11-20(30)34-12-17/h11,15,18-19,21-22,28,31,33H,6-10,12-14H2,1-5H3. The third kappa shape index (κ3) is 4.11. The van der Waals surface area contributed by atoms with Crippen LogP contribution in [-0.2, 0) is 33.3 Å². The summed E-state index contributed by atoms with van der Waals surface area (Å²) in [6.07, 6.45) is -0.109. The van der Waals surface area contributed by atoms with Crippen molar-refractivity contribution in [2.75, 3.05) is 19.8 Å². The fourth-order valence-electron chi connectivity index (χ4n) is 7.28. The summed E-state index contributed by atoms with van der Waals surface area (Å²) in [5.74, 6) is -2.72. The Labute approximate surface area is 217 Å². The highest BCUT2D eigenvalue weighted by atomic mass is 16.6. The molecular formula is C27H40O10. The normalized spacial score (nSPS) is 42.3. The van der Waals surface area contributed by atoms with E-state index in [4.69, 9.17) is 18.9 Å². The molecule has 0 radical (unpaired) electrons. The minimum absolute atomic E-state index is 0.0345. The summed E-state index contributed by atoms with van der Waals surface area (Å²) in [5, 5.41) is 35.2. The lowest BCUT2D eigenvalue weighted by atomic mass is 9.40. The van der Waals surface area contributed by atoms with Crippen LogP contribution in [0.25, 0.3) is 0 Å². The van der Waals surface area contributed by atoms with Crippen LogP contribution in [0.1, 0.15) is 66.7 Å². The van der Waals surface area contributed by atoms with Crippen molar-refractivity contribution in [1.29, 1.82) is 0 Å². The van der Waals surface area contributed by atoms with Gasteiger partial charge in [-0.25, -0.2) is 4.79 Å². The molecule has 208 valence electrons. The Kier molecular flexibility index (Phi) is 7.29. The molecule has 1 spiro atoms. The first-order valence-corrected chi connectivity index (χ1v) is 13.2. The number of rotatable bonds is 8. The summed E-state index contributed by atoms with van der Waals surface area (Å²) in [4.78, 5) is 37.1. The van der Waals surface area contributed by atoms with Crippen LogP contribution in [0.2, 0.25) is 0 Å². The van der Waals surface area contributed by atoms with Crippen LogP contribution < -0.4 is 0 Å². The van der Waals surface area contributed by atoms with Gasteiger partial charge >= 0.3 is 17.9 Å². The fourth-order valence-corrected chi connectivity index (χ4v) is 7.28. The minimum atomic E-state index is -1.89. The molecule has 10 nitrogen and oxygen atoms in total. The SMILES string of the molecule is CCC(C)C(=O)OC1C(O)C2(CO)C(CCCC23CO3)C(C)(C(CC2=CC(=O)OC2)OC(C)=O)C1(C)O. The maximum Gasteiger partial charge on any atom is 0.331 e. The number of hydrogen-bond acceptors (Lipinski definition) is 10. The number of fused-ring (bicyclic) bond motifs is 2. The molecule has 0 bridgehead atoms. The molecule has 2 aliphatic heterocycles. The molecule has 2 heterocycles. The molecule has 0 aromatic rings. The number of esters is 3. The molecule has 10 heteroatoms. The van der Waals surface area contributed by atoms with Gasteiger partial charge in [0.15, 0.2) is 6.10 Å². The monoisotopic (exact) mass is 524 g/mol. The second kappa shape index (κ2) is 9.63. The number of aliphatic hydroxyl groups excluding tert-OH is 2. The quantitative estimate of drug-likeness (QED) is 0.241. The Morgan fingerprint density at radius 3 is 2.49 bits per heavy atom. The van der Waals surface area contributed by atoms with Crippen molar-refractivity contribution in [1.82, 2.24) is 0 Å². The fraction of sp³-hybridized carbons (Fsp3) is 0.815. The highest BCUT2D eigenvalue weighted by Gasteiger charge is 2.80. The average Bonchev–Trinajstić information content (AvgIpc) is 3.50. The molecule has 4 aliphatic rings. The van der Waals surface area contributed by atoms with E-state index < -0.39 is 76.7 Å². The molecule has 9 atom stereocenters. The van der Waals surface area contributed by atoms with Crippen LogP contribution in [0.5, 0.6) is 0 Å². The molecule has 2 saturated carbocycles. The van der Waals surface area contributed by atoms with Gasteiger partial charge in [0.05, 0.1) is 24.5 Å². The first-order chi connectivity index (χ1) is 17.3. The van der Waals surface area contributed by atoms with Crippen molar-refractivity contribution < 1.29 is 48.7 Å². The molecule has 0 aromatic carbocycles. The number of carbonyl (C=O) groups is 3.